The lowest BCUT2D eigenvalue weighted by molar-refractivity contribution is 0.215. The zero-order valence-corrected chi connectivity index (χ0v) is 13.5. The molecule has 6 nitrogen and oxygen atoms in total. The summed E-state index contributed by atoms with van der Waals surface area (Å²) in [6.07, 6.45) is 1.56. The van der Waals surface area contributed by atoms with E-state index in [1.165, 1.54) is 17.0 Å². The Morgan fingerprint density at radius 2 is 2.13 bits per heavy atom. The van der Waals surface area contributed by atoms with Gasteiger partial charge in [-0.15, -0.1) is 0 Å². The van der Waals surface area contributed by atoms with Crippen LogP contribution in [0.2, 0.25) is 0 Å². The van der Waals surface area contributed by atoms with Gasteiger partial charge in [0.25, 0.3) is 0 Å². The predicted molar refractivity (Wildman–Crippen MR) is 85.3 cm³/mol. The van der Waals surface area contributed by atoms with E-state index in [0.717, 1.165) is 5.69 Å². The van der Waals surface area contributed by atoms with E-state index in [9.17, 15) is 9.18 Å². The van der Waals surface area contributed by atoms with Crippen molar-refractivity contribution in [2.45, 2.75) is 6.54 Å². The number of nitrogens with zero attached hydrogens (tertiary/aromatic N) is 3. The molecule has 0 bridgehead atoms. The van der Waals surface area contributed by atoms with Gasteiger partial charge in [0, 0.05) is 39.3 Å². The molecule has 0 unspecified atom stereocenters. The minimum Gasteiger partial charge on any atom is -0.444 e. The molecule has 1 N–H and O–H groups in total. The second kappa shape index (κ2) is 7.73. The first kappa shape index (κ1) is 17.0. The molecule has 0 aliphatic rings. The normalized spacial score (nSPS) is 10.8. The van der Waals surface area contributed by atoms with Gasteiger partial charge in [-0.05, 0) is 25.2 Å². The third-order valence-corrected chi connectivity index (χ3v) is 3.23. The molecule has 124 valence electrons. The average Bonchev–Trinajstić information content (AvgIpc) is 2.95. The maximum absolute atomic E-state index is 13.2. The van der Waals surface area contributed by atoms with Crippen molar-refractivity contribution in [1.29, 1.82) is 0 Å². The molecule has 23 heavy (non-hydrogen) atoms. The van der Waals surface area contributed by atoms with Crippen molar-refractivity contribution in [1.82, 2.24) is 20.1 Å². The van der Waals surface area contributed by atoms with E-state index in [1.54, 1.807) is 32.5 Å². The van der Waals surface area contributed by atoms with E-state index >= 15 is 0 Å². The van der Waals surface area contributed by atoms with Gasteiger partial charge in [0.2, 0.25) is 5.89 Å². The van der Waals surface area contributed by atoms with E-state index in [2.05, 4.69) is 10.3 Å². The molecule has 1 aromatic heterocycles. The lowest BCUT2D eigenvalue weighted by Gasteiger charge is -2.17. The number of rotatable bonds is 6. The summed E-state index contributed by atoms with van der Waals surface area (Å²) < 4.78 is 18.6. The smallest absolute Gasteiger partial charge is 0.316 e. The summed E-state index contributed by atoms with van der Waals surface area (Å²) in [7, 11) is 5.32. The summed E-state index contributed by atoms with van der Waals surface area (Å²) >= 11 is 0. The van der Waals surface area contributed by atoms with Crippen molar-refractivity contribution in [2.24, 2.45) is 0 Å². The number of oxazole rings is 1. The number of hydrogen-bond acceptors (Lipinski definition) is 4. The van der Waals surface area contributed by atoms with E-state index in [0.29, 0.717) is 31.1 Å². The highest BCUT2D eigenvalue weighted by Crippen LogP contribution is 2.19. The summed E-state index contributed by atoms with van der Waals surface area (Å²) in [6, 6.07) is 6.01. The highest BCUT2D eigenvalue weighted by atomic mass is 19.1. The van der Waals surface area contributed by atoms with Gasteiger partial charge < -0.3 is 14.6 Å². The number of hydrogen-bond donors (Lipinski definition) is 1. The summed E-state index contributed by atoms with van der Waals surface area (Å²) in [5.41, 5.74) is 1.36. The summed E-state index contributed by atoms with van der Waals surface area (Å²) in [4.78, 5) is 19.3. The van der Waals surface area contributed by atoms with Gasteiger partial charge in [0.1, 0.15) is 12.1 Å². The number of halogens is 1. The number of nitrogens with one attached hydrogen (secondary N) is 1. The molecular weight excluding hydrogens is 299 g/mol. The molecular formula is C16H21FN4O2. The summed E-state index contributed by atoms with van der Waals surface area (Å²) in [6.45, 7) is 1.81. The maximum atomic E-state index is 13.2. The molecule has 0 spiro atoms. The van der Waals surface area contributed by atoms with Crippen LogP contribution in [0.3, 0.4) is 0 Å². The molecule has 0 atom stereocenters. The van der Waals surface area contributed by atoms with E-state index < -0.39 is 0 Å². The lowest BCUT2D eigenvalue weighted by atomic mass is 10.2. The van der Waals surface area contributed by atoms with Crippen LogP contribution < -0.4 is 5.32 Å². The third kappa shape index (κ3) is 5.07. The van der Waals surface area contributed by atoms with Crippen LogP contribution in [0.1, 0.15) is 5.69 Å². The fourth-order valence-electron chi connectivity index (χ4n) is 2.00. The van der Waals surface area contributed by atoms with Crippen LogP contribution in [-0.2, 0) is 6.54 Å². The molecule has 0 saturated heterocycles. The Morgan fingerprint density at radius 3 is 2.83 bits per heavy atom. The summed E-state index contributed by atoms with van der Waals surface area (Å²) in [5, 5.41) is 2.80. The lowest BCUT2D eigenvalue weighted by Crippen LogP contribution is -2.38. The van der Waals surface area contributed by atoms with Crippen LogP contribution in [-0.4, -0.2) is 55.0 Å². The van der Waals surface area contributed by atoms with Crippen molar-refractivity contribution in [2.75, 3.05) is 34.2 Å². The number of likely N-dealkylation sites (N-methyl/N-ethyl adjacent to an activating group) is 1. The van der Waals surface area contributed by atoms with E-state index in [-0.39, 0.29) is 11.8 Å². The standard InChI is InChI=1S/C16H21FN4O2/c1-20(2)16(22)18-7-8-21(3)10-14-11-23-15(19-14)12-5-4-6-13(17)9-12/h4-6,9,11H,7-8,10H2,1-3H3,(H,18,22). The molecule has 0 radical (unpaired) electrons. The van der Waals surface area contributed by atoms with E-state index in [1.807, 2.05) is 11.9 Å². The second-order valence-corrected chi connectivity index (χ2v) is 5.52. The van der Waals surface area contributed by atoms with Gasteiger partial charge in [0.05, 0.1) is 5.69 Å². The summed E-state index contributed by atoms with van der Waals surface area (Å²) in [5.74, 6) is 0.0739. The van der Waals surface area contributed by atoms with Crippen molar-refractivity contribution in [3.05, 3.63) is 42.0 Å². The minimum atomic E-state index is -0.323. The first-order chi connectivity index (χ1) is 11.0. The Labute approximate surface area is 134 Å². The monoisotopic (exact) mass is 320 g/mol. The Balaban J connectivity index is 1.85. The van der Waals surface area contributed by atoms with Gasteiger partial charge in [-0.2, -0.15) is 0 Å². The van der Waals surface area contributed by atoms with Gasteiger partial charge in [-0.25, -0.2) is 14.2 Å². The largest absolute Gasteiger partial charge is 0.444 e. The molecule has 2 aromatic rings. The fraction of sp³-hybridized carbons (Fsp3) is 0.375. The predicted octanol–water partition coefficient (Wildman–Crippen LogP) is 2.18. The van der Waals surface area contributed by atoms with Crippen LogP contribution in [0.4, 0.5) is 9.18 Å². The van der Waals surface area contributed by atoms with Crippen LogP contribution in [0.15, 0.2) is 34.9 Å². The van der Waals surface area contributed by atoms with Gasteiger partial charge in [-0.3, -0.25) is 4.90 Å². The van der Waals surface area contributed by atoms with Gasteiger partial charge in [0.15, 0.2) is 0 Å². The first-order valence-electron chi connectivity index (χ1n) is 7.29. The number of urea groups is 1. The molecule has 0 saturated carbocycles. The Kier molecular flexibility index (Phi) is 5.70. The highest BCUT2D eigenvalue weighted by Gasteiger charge is 2.10. The van der Waals surface area contributed by atoms with Crippen LogP contribution in [0.5, 0.6) is 0 Å². The zero-order valence-electron chi connectivity index (χ0n) is 13.5. The Bertz CT molecular complexity index is 657. The molecule has 2 amide bonds. The van der Waals surface area contributed by atoms with Crippen LogP contribution in [0.25, 0.3) is 11.5 Å². The first-order valence-corrected chi connectivity index (χ1v) is 7.29. The van der Waals surface area contributed by atoms with Gasteiger partial charge >= 0.3 is 6.03 Å². The molecule has 7 heteroatoms. The topological polar surface area (TPSA) is 61.6 Å². The van der Waals surface area contributed by atoms with Crippen LogP contribution >= 0.6 is 0 Å². The minimum absolute atomic E-state index is 0.117. The third-order valence-electron chi connectivity index (χ3n) is 3.23. The van der Waals surface area contributed by atoms with E-state index in [4.69, 9.17) is 4.42 Å². The number of amides is 2. The molecule has 1 aromatic carbocycles. The van der Waals surface area contributed by atoms with Crippen molar-refractivity contribution in [3.63, 3.8) is 0 Å². The number of aromatic nitrogens is 1. The maximum Gasteiger partial charge on any atom is 0.316 e. The van der Waals surface area contributed by atoms with Crippen molar-refractivity contribution < 1.29 is 13.6 Å². The number of carbonyl (C=O) groups excluding carboxylic acids is 1. The van der Waals surface area contributed by atoms with Crippen molar-refractivity contribution >= 4 is 6.03 Å². The molecule has 1 heterocycles. The quantitative estimate of drug-likeness (QED) is 0.886. The molecule has 0 aliphatic heterocycles. The molecule has 2 rings (SSSR count). The molecule has 0 aliphatic carbocycles. The molecule has 0 fully saturated rings. The highest BCUT2D eigenvalue weighted by molar-refractivity contribution is 5.73. The number of carbonyl (C=O) groups is 1. The number of benzene rings is 1. The van der Waals surface area contributed by atoms with Crippen LogP contribution in [0, 0.1) is 5.82 Å². The second-order valence-electron chi connectivity index (χ2n) is 5.52. The average molecular weight is 320 g/mol. The zero-order chi connectivity index (χ0) is 16.8. The Hall–Kier alpha value is -2.41. The SMILES string of the molecule is CN(CCNC(=O)N(C)C)Cc1coc(-c2cccc(F)c2)n1. The van der Waals surface area contributed by atoms with Gasteiger partial charge in [-0.1, -0.05) is 6.07 Å². The van der Waals surface area contributed by atoms with Crippen molar-refractivity contribution in [3.8, 4) is 11.5 Å². The fourth-order valence-corrected chi connectivity index (χ4v) is 2.00. The Morgan fingerprint density at radius 1 is 1.35 bits per heavy atom.